The summed E-state index contributed by atoms with van der Waals surface area (Å²) in [7, 11) is 0. The molecule has 5 rings (SSSR count). The first-order valence-corrected chi connectivity index (χ1v) is 12.8. The molecular formula is C32H29N5O2. The van der Waals surface area contributed by atoms with E-state index in [9.17, 15) is 9.59 Å². The molecule has 0 spiro atoms. The highest BCUT2D eigenvalue weighted by Crippen LogP contribution is 2.28. The number of fused-ring (bicyclic) bond motifs is 1. The van der Waals surface area contributed by atoms with E-state index >= 15 is 0 Å². The van der Waals surface area contributed by atoms with E-state index in [-0.39, 0.29) is 11.8 Å². The molecule has 0 aliphatic heterocycles. The second-order valence-corrected chi connectivity index (χ2v) is 9.40. The van der Waals surface area contributed by atoms with E-state index in [1.54, 1.807) is 12.1 Å². The third kappa shape index (κ3) is 6.27. The first kappa shape index (κ1) is 25.6. The van der Waals surface area contributed by atoms with E-state index in [0.717, 1.165) is 51.1 Å². The maximum absolute atomic E-state index is 13.0. The van der Waals surface area contributed by atoms with Crippen LogP contribution in [0, 0.1) is 6.92 Å². The summed E-state index contributed by atoms with van der Waals surface area (Å²) in [5.41, 5.74) is 12.0. The van der Waals surface area contributed by atoms with Crippen LogP contribution in [0.5, 0.6) is 0 Å². The van der Waals surface area contributed by atoms with Crippen LogP contribution >= 0.6 is 0 Å². The number of aromatic nitrogens is 2. The van der Waals surface area contributed by atoms with E-state index in [1.807, 2.05) is 91.9 Å². The Morgan fingerprint density at radius 2 is 1.59 bits per heavy atom. The topological polar surface area (TPSA) is 110 Å². The van der Waals surface area contributed by atoms with Crippen LogP contribution in [-0.4, -0.2) is 21.8 Å². The number of hydrogen-bond donors (Lipinski definition) is 3. The third-order valence-corrected chi connectivity index (χ3v) is 6.49. The van der Waals surface area contributed by atoms with Gasteiger partial charge < -0.3 is 16.4 Å². The van der Waals surface area contributed by atoms with Crippen LogP contribution in [0.15, 0.2) is 97.1 Å². The number of primary amides is 1. The van der Waals surface area contributed by atoms with Gasteiger partial charge in [-0.15, -0.1) is 0 Å². The summed E-state index contributed by atoms with van der Waals surface area (Å²) in [6, 6.07) is 31.1. The maximum atomic E-state index is 13.0. The molecule has 0 aliphatic rings. The number of benzene rings is 4. The van der Waals surface area contributed by atoms with Crippen molar-refractivity contribution in [1.29, 1.82) is 0 Å². The minimum Gasteiger partial charge on any atom is -0.370 e. The first-order chi connectivity index (χ1) is 19.0. The molecule has 2 amide bonds. The number of rotatable bonds is 9. The Labute approximate surface area is 227 Å². The Balaban J connectivity index is 1.31. The minimum absolute atomic E-state index is 0.202. The SMILES string of the molecule is Cc1ccc(CCCC(N)=O)cc1NC(=O)c1ccc(Nc2nc(-c3ccccc3)c3ccccc3n2)cc1. The van der Waals surface area contributed by atoms with Gasteiger partial charge in [0.1, 0.15) is 0 Å². The lowest BCUT2D eigenvalue weighted by Gasteiger charge is -2.12. The lowest BCUT2D eigenvalue weighted by atomic mass is 10.0. The van der Waals surface area contributed by atoms with Crippen LogP contribution in [-0.2, 0) is 11.2 Å². The second-order valence-electron chi connectivity index (χ2n) is 9.40. The summed E-state index contributed by atoms with van der Waals surface area (Å²) in [5, 5.41) is 7.26. The largest absolute Gasteiger partial charge is 0.370 e. The van der Waals surface area contributed by atoms with Crippen molar-refractivity contribution >= 4 is 40.0 Å². The molecule has 0 fully saturated rings. The fourth-order valence-electron chi connectivity index (χ4n) is 4.40. The van der Waals surface area contributed by atoms with Crippen LogP contribution in [0.1, 0.15) is 34.3 Å². The zero-order valence-corrected chi connectivity index (χ0v) is 21.6. The number of nitrogens with two attached hydrogens (primary N) is 1. The van der Waals surface area contributed by atoms with Crippen molar-refractivity contribution in [1.82, 2.24) is 9.97 Å². The van der Waals surface area contributed by atoms with Crippen molar-refractivity contribution in [2.45, 2.75) is 26.2 Å². The second kappa shape index (κ2) is 11.6. The molecule has 0 saturated heterocycles. The minimum atomic E-state index is -0.308. The quantitative estimate of drug-likeness (QED) is 0.210. The smallest absolute Gasteiger partial charge is 0.255 e. The van der Waals surface area contributed by atoms with Gasteiger partial charge in [0.2, 0.25) is 11.9 Å². The molecule has 0 saturated carbocycles. The number of carbonyl (C=O) groups excluding carboxylic acids is 2. The summed E-state index contributed by atoms with van der Waals surface area (Å²) >= 11 is 0. The van der Waals surface area contributed by atoms with Gasteiger partial charge in [-0.25, -0.2) is 9.97 Å². The molecule has 1 heterocycles. The standard InChI is InChI=1S/C32H29N5O2/c1-21-14-15-22(8-7-13-29(33)38)20-28(21)35-31(39)24-16-18-25(19-17-24)34-32-36-27-12-6-5-11-26(27)30(37-32)23-9-3-2-4-10-23/h2-6,9-12,14-20H,7-8,13H2,1H3,(H2,33,38)(H,35,39)(H,34,36,37). The average Bonchev–Trinajstić information content (AvgIpc) is 2.95. The van der Waals surface area contributed by atoms with Crippen molar-refractivity contribution in [3.05, 3.63) is 114 Å². The van der Waals surface area contributed by atoms with Crippen LogP contribution in [0.4, 0.5) is 17.3 Å². The van der Waals surface area contributed by atoms with Crippen LogP contribution in [0.25, 0.3) is 22.2 Å². The number of nitrogens with one attached hydrogen (secondary N) is 2. The van der Waals surface area contributed by atoms with Gasteiger partial charge in [-0.05, 0) is 67.3 Å². The summed E-state index contributed by atoms with van der Waals surface area (Å²) in [6.07, 6.45) is 1.73. The van der Waals surface area contributed by atoms with Gasteiger partial charge >= 0.3 is 0 Å². The fraction of sp³-hybridized carbons (Fsp3) is 0.125. The number of anilines is 3. The van der Waals surface area contributed by atoms with Crippen molar-refractivity contribution in [3.8, 4) is 11.3 Å². The van der Waals surface area contributed by atoms with Gasteiger partial charge in [0.15, 0.2) is 0 Å². The van der Waals surface area contributed by atoms with Gasteiger partial charge in [0.25, 0.3) is 5.91 Å². The predicted octanol–water partition coefficient (Wildman–Crippen LogP) is 6.41. The lowest BCUT2D eigenvalue weighted by Crippen LogP contribution is -2.13. The normalized spacial score (nSPS) is 10.8. The first-order valence-electron chi connectivity index (χ1n) is 12.8. The summed E-state index contributed by atoms with van der Waals surface area (Å²) in [4.78, 5) is 33.5. The van der Waals surface area contributed by atoms with E-state index in [2.05, 4.69) is 10.6 Å². The lowest BCUT2D eigenvalue weighted by molar-refractivity contribution is -0.118. The third-order valence-electron chi connectivity index (χ3n) is 6.49. The molecule has 194 valence electrons. The molecule has 7 heteroatoms. The molecule has 0 atom stereocenters. The van der Waals surface area contributed by atoms with Crippen molar-refractivity contribution in [2.24, 2.45) is 5.73 Å². The monoisotopic (exact) mass is 515 g/mol. The Kier molecular flexibility index (Phi) is 7.59. The molecular weight excluding hydrogens is 486 g/mol. The van der Waals surface area contributed by atoms with E-state index in [4.69, 9.17) is 15.7 Å². The molecule has 5 aromatic rings. The maximum Gasteiger partial charge on any atom is 0.255 e. The number of hydrogen-bond acceptors (Lipinski definition) is 5. The fourth-order valence-corrected chi connectivity index (χ4v) is 4.40. The number of amides is 2. The van der Waals surface area contributed by atoms with E-state index in [1.165, 1.54) is 0 Å². The number of carbonyl (C=O) groups is 2. The Hall–Kier alpha value is -5.04. The van der Waals surface area contributed by atoms with Gasteiger partial charge in [-0.1, -0.05) is 60.7 Å². The number of para-hydroxylation sites is 1. The molecule has 4 aromatic carbocycles. The summed E-state index contributed by atoms with van der Waals surface area (Å²) < 4.78 is 0. The Morgan fingerprint density at radius 1 is 0.846 bits per heavy atom. The van der Waals surface area contributed by atoms with Gasteiger partial charge in [0, 0.05) is 34.3 Å². The van der Waals surface area contributed by atoms with Gasteiger partial charge in [-0.2, -0.15) is 0 Å². The molecule has 1 aromatic heterocycles. The van der Waals surface area contributed by atoms with Crippen molar-refractivity contribution in [2.75, 3.05) is 10.6 Å². The summed E-state index contributed by atoms with van der Waals surface area (Å²) in [6.45, 7) is 1.95. The molecule has 39 heavy (non-hydrogen) atoms. The van der Waals surface area contributed by atoms with Crippen molar-refractivity contribution in [3.63, 3.8) is 0 Å². The van der Waals surface area contributed by atoms with Gasteiger partial charge in [-0.3, -0.25) is 9.59 Å². The molecule has 0 radical (unpaired) electrons. The molecule has 4 N–H and O–H groups in total. The zero-order valence-electron chi connectivity index (χ0n) is 21.6. The Bertz CT molecular complexity index is 1630. The van der Waals surface area contributed by atoms with E-state index < -0.39 is 0 Å². The summed E-state index contributed by atoms with van der Waals surface area (Å²) in [5.74, 6) is -0.0295. The molecule has 0 bridgehead atoms. The number of aryl methyl sites for hydroxylation is 2. The predicted molar refractivity (Wildman–Crippen MR) is 156 cm³/mol. The zero-order chi connectivity index (χ0) is 27.2. The highest BCUT2D eigenvalue weighted by molar-refractivity contribution is 6.05. The van der Waals surface area contributed by atoms with Crippen LogP contribution < -0.4 is 16.4 Å². The van der Waals surface area contributed by atoms with Crippen LogP contribution in [0.2, 0.25) is 0 Å². The highest BCUT2D eigenvalue weighted by atomic mass is 16.2. The molecule has 7 nitrogen and oxygen atoms in total. The molecule has 0 aliphatic carbocycles. The van der Waals surface area contributed by atoms with E-state index in [0.29, 0.717) is 24.4 Å². The highest BCUT2D eigenvalue weighted by Gasteiger charge is 2.12. The number of nitrogens with zero attached hydrogens (tertiary/aromatic N) is 2. The molecule has 0 unspecified atom stereocenters. The van der Waals surface area contributed by atoms with Crippen LogP contribution in [0.3, 0.4) is 0 Å². The Morgan fingerprint density at radius 3 is 2.36 bits per heavy atom. The van der Waals surface area contributed by atoms with Gasteiger partial charge in [0.05, 0.1) is 11.2 Å². The van der Waals surface area contributed by atoms with Crippen molar-refractivity contribution < 1.29 is 9.59 Å². The average molecular weight is 516 g/mol.